The molecule has 1 saturated heterocycles. The lowest BCUT2D eigenvalue weighted by Crippen LogP contribution is -2.16. The van der Waals surface area contributed by atoms with Crippen LogP contribution in [0.1, 0.15) is 24.9 Å². The van der Waals surface area contributed by atoms with Gasteiger partial charge in [-0.1, -0.05) is 6.92 Å². The largest absolute Gasteiger partial charge is 0.370 e. The summed E-state index contributed by atoms with van der Waals surface area (Å²) in [5.74, 6) is 2.36. The molecule has 1 fully saturated rings. The molecular formula is C12H19N3O2S. The van der Waals surface area contributed by atoms with Crippen LogP contribution in [0.4, 0.5) is 5.82 Å². The van der Waals surface area contributed by atoms with Crippen LogP contribution in [0.15, 0.2) is 6.07 Å². The molecule has 1 aliphatic rings. The molecule has 18 heavy (non-hydrogen) atoms. The van der Waals surface area contributed by atoms with Crippen molar-refractivity contribution in [1.82, 2.24) is 9.97 Å². The van der Waals surface area contributed by atoms with Gasteiger partial charge in [-0.05, 0) is 25.7 Å². The summed E-state index contributed by atoms with van der Waals surface area (Å²) in [6.45, 7) is 4.58. The van der Waals surface area contributed by atoms with Crippen LogP contribution in [0, 0.1) is 12.8 Å². The zero-order chi connectivity index (χ0) is 13.2. The second kappa shape index (κ2) is 5.22. The standard InChI is InChI=1S/C12H19N3O2S/c1-3-11-6-12(15-9(2)14-11)13-7-10-4-5-18(16,17)8-10/h6,10H,3-5,7-8H2,1-2H3,(H,13,14,15). The minimum absolute atomic E-state index is 0.204. The van der Waals surface area contributed by atoms with Crippen molar-refractivity contribution in [2.75, 3.05) is 23.4 Å². The third kappa shape index (κ3) is 3.41. The minimum Gasteiger partial charge on any atom is -0.370 e. The molecule has 6 heteroatoms. The molecule has 1 unspecified atom stereocenters. The Morgan fingerprint density at radius 3 is 2.83 bits per heavy atom. The number of anilines is 1. The topological polar surface area (TPSA) is 72.0 Å². The van der Waals surface area contributed by atoms with Gasteiger partial charge in [-0.15, -0.1) is 0 Å². The van der Waals surface area contributed by atoms with Crippen molar-refractivity contribution in [2.24, 2.45) is 5.92 Å². The Hall–Kier alpha value is -1.17. The summed E-state index contributed by atoms with van der Waals surface area (Å²) in [4.78, 5) is 8.62. The van der Waals surface area contributed by atoms with Crippen LogP contribution in [0.3, 0.4) is 0 Å². The van der Waals surface area contributed by atoms with Crippen molar-refractivity contribution in [3.63, 3.8) is 0 Å². The highest BCUT2D eigenvalue weighted by atomic mass is 32.2. The lowest BCUT2D eigenvalue weighted by atomic mass is 10.1. The van der Waals surface area contributed by atoms with Crippen LogP contribution >= 0.6 is 0 Å². The predicted molar refractivity (Wildman–Crippen MR) is 71.4 cm³/mol. The lowest BCUT2D eigenvalue weighted by molar-refractivity contribution is 0.595. The van der Waals surface area contributed by atoms with Crippen molar-refractivity contribution < 1.29 is 8.42 Å². The molecule has 2 heterocycles. The highest BCUT2D eigenvalue weighted by Gasteiger charge is 2.27. The quantitative estimate of drug-likeness (QED) is 0.889. The number of rotatable bonds is 4. The van der Waals surface area contributed by atoms with E-state index in [2.05, 4.69) is 22.2 Å². The first-order valence-electron chi connectivity index (χ1n) is 6.27. The molecule has 2 rings (SSSR count). The Morgan fingerprint density at radius 1 is 1.44 bits per heavy atom. The Bertz CT molecular complexity index is 528. The maximum absolute atomic E-state index is 11.4. The van der Waals surface area contributed by atoms with Gasteiger partial charge in [-0.25, -0.2) is 18.4 Å². The van der Waals surface area contributed by atoms with E-state index in [0.29, 0.717) is 18.1 Å². The molecule has 0 bridgehead atoms. The summed E-state index contributed by atoms with van der Waals surface area (Å²) in [6.07, 6.45) is 1.62. The van der Waals surface area contributed by atoms with Crippen molar-refractivity contribution >= 4 is 15.7 Å². The zero-order valence-electron chi connectivity index (χ0n) is 10.8. The van der Waals surface area contributed by atoms with Gasteiger partial charge in [0, 0.05) is 18.3 Å². The van der Waals surface area contributed by atoms with E-state index in [1.54, 1.807) is 0 Å². The highest BCUT2D eigenvalue weighted by molar-refractivity contribution is 7.91. The summed E-state index contributed by atoms with van der Waals surface area (Å²) in [6, 6.07) is 1.93. The van der Waals surface area contributed by atoms with Crippen LogP contribution in [-0.4, -0.2) is 36.4 Å². The van der Waals surface area contributed by atoms with Crippen LogP contribution in [0.2, 0.25) is 0 Å². The van der Waals surface area contributed by atoms with Gasteiger partial charge in [0.25, 0.3) is 0 Å². The molecule has 0 aromatic carbocycles. The maximum Gasteiger partial charge on any atom is 0.150 e. The Balaban J connectivity index is 1.96. The van der Waals surface area contributed by atoms with E-state index in [1.807, 2.05) is 13.0 Å². The molecule has 100 valence electrons. The molecule has 1 aromatic heterocycles. The van der Waals surface area contributed by atoms with Gasteiger partial charge in [-0.3, -0.25) is 0 Å². The van der Waals surface area contributed by atoms with Gasteiger partial charge in [0.2, 0.25) is 0 Å². The lowest BCUT2D eigenvalue weighted by Gasteiger charge is -2.11. The molecular weight excluding hydrogens is 250 g/mol. The number of hydrogen-bond donors (Lipinski definition) is 1. The molecule has 5 nitrogen and oxygen atoms in total. The van der Waals surface area contributed by atoms with E-state index < -0.39 is 9.84 Å². The van der Waals surface area contributed by atoms with E-state index >= 15 is 0 Å². The third-order valence-electron chi connectivity index (χ3n) is 3.15. The average molecular weight is 269 g/mol. The van der Waals surface area contributed by atoms with Crippen molar-refractivity contribution in [1.29, 1.82) is 0 Å². The Kier molecular flexibility index (Phi) is 3.85. The molecule has 0 radical (unpaired) electrons. The number of nitrogens with zero attached hydrogens (tertiary/aromatic N) is 2. The first-order chi connectivity index (χ1) is 8.48. The van der Waals surface area contributed by atoms with Crippen LogP contribution in [0.25, 0.3) is 0 Å². The van der Waals surface area contributed by atoms with Gasteiger partial charge in [0.05, 0.1) is 11.5 Å². The van der Waals surface area contributed by atoms with E-state index in [4.69, 9.17) is 0 Å². The van der Waals surface area contributed by atoms with Gasteiger partial charge in [0.15, 0.2) is 9.84 Å². The minimum atomic E-state index is -2.79. The third-order valence-corrected chi connectivity index (χ3v) is 4.99. The maximum atomic E-state index is 11.4. The van der Waals surface area contributed by atoms with Crippen LogP contribution in [0.5, 0.6) is 0 Å². The van der Waals surface area contributed by atoms with Gasteiger partial charge in [0.1, 0.15) is 11.6 Å². The second-order valence-corrected chi connectivity index (χ2v) is 7.02. The fourth-order valence-corrected chi connectivity index (χ4v) is 4.04. The number of sulfone groups is 1. The summed E-state index contributed by atoms with van der Waals surface area (Å²) in [5, 5.41) is 3.22. The predicted octanol–water partition coefficient (Wildman–Crippen LogP) is 1.19. The molecule has 0 saturated carbocycles. The Labute approximate surface area is 108 Å². The van der Waals surface area contributed by atoms with E-state index in [9.17, 15) is 8.42 Å². The number of aromatic nitrogens is 2. The van der Waals surface area contributed by atoms with Crippen molar-refractivity contribution in [2.45, 2.75) is 26.7 Å². The molecule has 0 amide bonds. The molecule has 1 atom stereocenters. The van der Waals surface area contributed by atoms with Gasteiger partial charge in [-0.2, -0.15) is 0 Å². The van der Waals surface area contributed by atoms with E-state index in [0.717, 1.165) is 30.2 Å². The highest BCUT2D eigenvalue weighted by Crippen LogP contribution is 2.19. The first-order valence-corrected chi connectivity index (χ1v) is 8.09. The molecule has 0 aliphatic carbocycles. The van der Waals surface area contributed by atoms with E-state index in [-0.39, 0.29) is 5.92 Å². The van der Waals surface area contributed by atoms with Crippen molar-refractivity contribution in [3.8, 4) is 0 Å². The fourth-order valence-electron chi connectivity index (χ4n) is 2.18. The monoisotopic (exact) mass is 269 g/mol. The van der Waals surface area contributed by atoms with Crippen LogP contribution < -0.4 is 5.32 Å². The summed E-state index contributed by atoms with van der Waals surface area (Å²) < 4.78 is 22.7. The van der Waals surface area contributed by atoms with Crippen molar-refractivity contribution in [3.05, 3.63) is 17.6 Å². The van der Waals surface area contributed by atoms with E-state index in [1.165, 1.54) is 0 Å². The second-order valence-electron chi connectivity index (χ2n) is 4.80. The molecule has 1 aromatic rings. The average Bonchev–Trinajstić information content (AvgIpc) is 2.65. The normalized spacial score (nSPS) is 22.0. The Morgan fingerprint density at radius 2 is 2.22 bits per heavy atom. The van der Waals surface area contributed by atoms with Crippen LogP contribution in [-0.2, 0) is 16.3 Å². The number of aryl methyl sites for hydroxylation is 2. The van der Waals surface area contributed by atoms with Gasteiger partial charge >= 0.3 is 0 Å². The number of nitrogens with one attached hydrogen (secondary N) is 1. The zero-order valence-corrected chi connectivity index (χ0v) is 11.6. The molecule has 1 aliphatic heterocycles. The summed E-state index contributed by atoms with van der Waals surface area (Å²) in [7, 11) is -2.79. The SMILES string of the molecule is CCc1cc(NCC2CCS(=O)(=O)C2)nc(C)n1. The smallest absolute Gasteiger partial charge is 0.150 e. The molecule has 0 spiro atoms. The molecule has 1 N–H and O–H groups in total. The van der Waals surface area contributed by atoms with Gasteiger partial charge < -0.3 is 5.32 Å². The summed E-state index contributed by atoms with van der Waals surface area (Å²) >= 11 is 0. The summed E-state index contributed by atoms with van der Waals surface area (Å²) in [5.41, 5.74) is 1.00. The number of hydrogen-bond acceptors (Lipinski definition) is 5. The first kappa shape index (κ1) is 13.3. The fraction of sp³-hybridized carbons (Fsp3) is 0.667.